The van der Waals surface area contributed by atoms with E-state index in [1.54, 1.807) is 30.6 Å². The van der Waals surface area contributed by atoms with Crippen molar-refractivity contribution in [1.82, 2.24) is 14.8 Å². The van der Waals surface area contributed by atoms with E-state index in [9.17, 15) is 31.1 Å². The number of ether oxygens (including phenoxy) is 1. The molecular weight excluding hydrogens is 504 g/mol. The Bertz CT molecular complexity index is 1410. The predicted molar refractivity (Wildman–Crippen MR) is 114 cm³/mol. The normalized spacial score (nSPS) is 11.6. The molecule has 0 amide bonds. The number of alkyl halides is 6. The van der Waals surface area contributed by atoms with Crippen LogP contribution in [0.3, 0.4) is 0 Å². The van der Waals surface area contributed by atoms with Gasteiger partial charge in [-0.2, -0.15) is 18.3 Å². The number of hydrogen-bond donors (Lipinski definition) is 1. The Morgan fingerprint density at radius 1 is 1.06 bits per heavy atom. The molecule has 0 saturated heterocycles. The molecule has 1 N–H and O–H groups in total. The van der Waals surface area contributed by atoms with Crippen LogP contribution in [-0.2, 0) is 11.8 Å². The highest BCUT2D eigenvalue weighted by molar-refractivity contribution is 7.18. The summed E-state index contributed by atoms with van der Waals surface area (Å²) in [5, 5.41) is 13.7. The van der Waals surface area contributed by atoms with Gasteiger partial charge in [-0.15, -0.1) is 24.5 Å². The number of fused-ring (bicyclic) bond motifs is 1. The number of rotatable bonds is 3. The molecule has 0 saturated carbocycles. The third-order valence-electron chi connectivity index (χ3n) is 4.34. The first kappa shape index (κ1) is 25.7. The summed E-state index contributed by atoms with van der Waals surface area (Å²) in [4.78, 5) is 25.6. The van der Waals surface area contributed by atoms with Crippen molar-refractivity contribution in [3.63, 3.8) is 0 Å². The summed E-state index contributed by atoms with van der Waals surface area (Å²) in [5.74, 6) is -3.10. The van der Waals surface area contributed by atoms with Crippen LogP contribution in [0.15, 0.2) is 59.0 Å². The Labute approximate surface area is 195 Å². The van der Waals surface area contributed by atoms with Gasteiger partial charge in [0.25, 0.3) is 5.56 Å². The molecule has 0 spiro atoms. The molecule has 7 nitrogen and oxygen atoms in total. The number of nitrogens with zero attached hydrogens (tertiary/aromatic N) is 3. The molecule has 0 aliphatic carbocycles. The molecule has 184 valence electrons. The summed E-state index contributed by atoms with van der Waals surface area (Å²) in [6.07, 6.45) is -6.62. The molecule has 14 heteroatoms. The topological polar surface area (TPSA) is 94.3 Å². The molecule has 4 aromatic rings. The van der Waals surface area contributed by atoms with Gasteiger partial charge in [0, 0.05) is 35.9 Å². The average molecular weight is 517 g/mol. The third-order valence-corrected chi connectivity index (χ3v) is 5.33. The Morgan fingerprint density at radius 3 is 2.26 bits per heavy atom. The quantitative estimate of drug-likeness (QED) is 0.373. The van der Waals surface area contributed by atoms with Gasteiger partial charge in [-0.25, -0.2) is 9.48 Å². The van der Waals surface area contributed by atoms with Crippen LogP contribution in [0.5, 0.6) is 5.75 Å². The summed E-state index contributed by atoms with van der Waals surface area (Å²) < 4.78 is 75.2. The van der Waals surface area contributed by atoms with Crippen molar-refractivity contribution < 1.29 is 41.0 Å². The smallest absolute Gasteiger partial charge is 0.475 e. The predicted octanol–water partition coefficient (Wildman–Crippen LogP) is 5.26. The zero-order chi connectivity index (χ0) is 26.0. The summed E-state index contributed by atoms with van der Waals surface area (Å²) in [6.45, 7) is 0. The second kappa shape index (κ2) is 9.74. The Kier molecular flexibility index (Phi) is 7.14. The molecule has 0 aliphatic rings. The summed E-state index contributed by atoms with van der Waals surface area (Å²) in [5.41, 5.74) is 2.11. The van der Waals surface area contributed by atoms with Crippen molar-refractivity contribution in [3.8, 4) is 28.1 Å². The van der Waals surface area contributed by atoms with Crippen LogP contribution < -0.4 is 10.3 Å². The van der Waals surface area contributed by atoms with Gasteiger partial charge in [0.05, 0.1) is 10.1 Å². The molecule has 0 bridgehead atoms. The minimum Gasteiger partial charge on any atom is -0.475 e. The van der Waals surface area contributed by atoms with Crippen molar-refractivity contribution >= 4 is 27.4 Å². The molecule has 0 unspecified atom stereocenters. The minimum absolute atomic E-state index is 0.283. The lowest BCUT2D eigenvalue weighted by Crippen LogP contribution is -2.21. The number of aryl methyl sites for hydroxylation is 1. The monoisotopic (exact) mass is 517 g/mol. The summed E-state index contributed by atoms with van der Waals surface area (Å²) >= 11 is 1.31. The lowest BCUT2D eigenvalue weighted by atomic mass is 10.1. The first-order chi connectivity index (χ1) is 16.3. The van der Waals surface area contributed by atoms with E-state index in [-0.39, 0.29) is 11.3 Å². The van der Waals surface area contributed by atoms with E-state index < -0.39 is 18.5 Å². The van der Waals surface area contributed by atoms with Crippen LogP contribution >= 0.6 is 11.3 Å². The molecule has 35 heavy (non-hydrogen) atoms. The van der Waals surface area contributed by atoms with Crippen LogP contribution in [0.1, 0.15) is 0 Å². The lowest BCUT2D eigenvalue weighted by Gasteiger charge is -2.11. The standard InChI is InChI=1S/C19H12F3N3O2S.C2HF3O2/c1-25-18(26)15-14(11-5-7-23-8-6-11)10-28-17(15)16(24-25)12-3-2-4-13(9-12)27-19(20,21)22;3-2(4,5)1(6)7/h2-10H,1H3;(H,6,7). The maximum Gasteiger partial charge on any atom is 0.573 e. The number of pyridine rings is 1. The largest absolute Gasteiger partial charge is 0.573 e. The number of aromatic nitrogens is 3. The minimum atomic E-state index is -5.08. The number of carboxylic acid groups (broad SMARTS) is 1. The van der Waals surface area contributed by atoms with E-state index in [1.165, 1.54) is 41.3 Å². The van der Waals surface area contributed by atoms with Crippen LogP contribution in [0, 0.1) is 0 Å². The van der Waals surface area contributed by atoms with Crippen molar-refractivity contribution in [2.45, 2.75) is 12.5 Å². The highest BCUT2D eigenvalue weighted by atomic mass is 32.1. The van der Waals surface area contributed by atoms with E-state index in [1.807, 2.05) is 5.38 Å². The molecular formula is C21H13F6N3O4S. The molecule has 0 aliphatic heterocycles. The maximum absolute atomic E-state index is 12.7. The zero-order valence-electron chi connectivity index (χ0n) is 17.4. The number of hydrogen-bond acceptors (Lipinski definition) is 6. The fourth-order valence-electron chi connectivity index (χ4n) is 2.92. The van der Waals surface area contributed by atoms with Gasteiger partial charge in [-0.05, 0) is 29.8 Å². The van der Waals surface area contributed by atoms with E-state index in [0.717, 1.165) is 11.1 Å². The van der Waals surface area contributed by atoms with Crippen molar-refractivity contribution in [2.75, 3.05) is 0 Å². The molecule has 0 radical (unpaired) electrons. The number of carbonyl (C=O) groups is 1. The molecule has 0 atom stereocenters. The fourth-order valence-corrected chi connectivity index (χ4v) is 4.00. The fraction of sp³-hybridized carbons (Fsp3) is 0.143. The Balaban J connectivity index is 0.000000429. The molecule has 3 aromatic heterocycles. The highest BCUT2D eigenvalue weighted by Crippen LogP contribution is 2.37. The van der Waals surface area contributed by atoms with Crippen molar-refractivity contribution in [3.05, 3.63) is 64.5 Å². The van der Waals surface area contributed by atoms with Gasteiger partial charge < -0.3 is 9.84 Å². The van der Waals surface area contributed by atoms with Gasteiger partial charge in [0.1, 0.15) is 11.4 Å². The van der Waals surface area contributed by atoms with Gasteiger partial charge >= 0.3 is 18.5 Å². The van der Waals surface area contributed by atoms with Crippen molar-refractivity contribution in [2.24, 2.45) is 7.05 Å². The second-order valence-corrected chi connectivity index (χ2v) is 7.62. The summed E-state index contributed by atoms with van der Waals surface area (Å²) in [7, 11) is 1.51. The highest BCUT2D eigenvalue weighted by Gasteiger charge is 2.38. The number of halogens is 6. The van der Waals surface area contributed by atoms with Gasteiger partial charge in [0.2, 0.25) is 0 Å². The molecule has 4 rings (SSSR count). The van der Waals surface area contributed by atoms with E-state index in [4.69, 9.17) is 9.90 Å². The zero-order valence-corrected chi connectivity index (χ0v) is 18.2. The van der Waals surface area contributed by atoms with E-state index in [0.29, 0.717) is 21.3 Å². The number of benzene rings is 1. The molecule has 1 aromatic carbocycles. The molecule has 0 fully saturated rings. The Hall–Kier alpha value is -3.94. The SMILES string of the molecule is Cn1nc(-c2cccc(OC(F)(F)F)c2)c2scc(-c3ccncc3)c2c1=O.O=C(O)C(F)(F)F. The number of aliphatic carboxylic acids is 1. The van der Waals surface area contributed by atoms with Crippen LogP contribution in [0.2, 0.25) is 0 Å². The first-order valence-electron chi connectivity index (χ1n) is 9.33. The van der Waals surface area contributed by atoms with Gasteiger partial charge in [0.15, 0.2) is 0 Å². The number of carboxylic acids is 1. The van der Waals surface area contributed by atoms with Gasteiger partial charge in [-0.3, -0.25) is 9.78 Å². The van der Waals surface area contributed by atoms with Crippen LogP contribution in [0.25, 0.3) is 32.5 Å². The third kappa shape index (κ3) is 6.15. The second-order valence-electron chi connectivity index (χ2n) is 6.75. The number of thiophene rings is 1. The molecule has 3 heterocycles. The van der Waals surface area contributed by atoms with E-state index in [2.05, 4.69) is 14.8 Å². The Morgan fingerprint density at radius 2 is 1.69 bits per heavy atom. The van der Waals surface area contributed by atoms with Crippen molar-refractivity contribution in [1.29, 1.82) is 0 Å². The van der Waals surface area contributed by atoms with Gasteiger partial charge in [-0.1, -0.05) is 12.1 Å². The van der Waals surface area contributed by atoms with Crippen LogP contribution in [-0.4, -0.2) is 38.4 Å². The van der Waals surface area contributed by atoms with Crippen LogP contribution in [0.4, 0.5) is 26.3 Å². The maximum atomic E-state index is 12.7. The average Bonchev–Trinajstić information content (AvgIpc) is 3.21. The lowest BCUT2D eigenvalue weighted by molar-refractivity contribution is -0.274. The van der Waals surface area contributed by atoms with E-state index >= 15 is 0 Å². The first-order valence-corrected chi connectivity index (χ1v) is 10.2. The summed E-state index contributed by atoms with van der Waals surface area (Å²) in [6, 6.07) is 9.13.